The van der Waals surface area contributed by atoms with Crippen molar-refractivity contribution in [2.24, 2.45) is 0 Å². The van der Waals surface area contributed by atoms with Gasteiger partial charge in [0.25, 0.3) is 0 Å². The van der Waals surface area contributed by atoms with Crippen molar-refractivity contribution >= 4 is 12.4 Å². The van der Waals surface area contributed by atoms with E-state index in [1.165, 1.54) is 6.07 Å². The fourth-order valence-corrected chi connectivity index (χ4v) is 1.24. The zero-order chi connectivity index (χ0) is 10.6. The van der Waals surface area contributed by atoms with Crippen molar-refractivity contribution < 1.29 is 9.90 Å². The Morgan fingerprint density at radius 3 is 2.64 bits per heavy atom. The summed E-state index contributed by atoms with van der Waals surface area (Å²) in [4.78, 5) is 10.7. The number of phenolic OH excluding ortho intramolecular Hbond substituents is 1. The van der Waals surface area contributed by atoms with E-state index in [1.807, 2.05) is 6.92 Å². The molecular weight excluding hydrogens is 176 g/mol. The molecule has 0 unspecified atom stereocenters. The number of benzene rings is 1. The van der Waals surface area contributed by atoms with Gasteiger partial charge in [-0.15, -0.1) is 0 Å². The molecule has 0 heterocycles. The number of phenols is 1. The number of allylic oxidation sites excluding steroid dienone is 2. The molecule has 1 rings (SSSR count). The Morgan fingerprint density at radius 2 is 2.07 bits per heavy atom. The Hall–Kier alpha value is -1.83. The summed E-state index contributed by atoms with van der Waals surface area (Å²) < 4.78 is 0. The van der Waals surface area contributed by atoms with E-state index in [2.05, 4.69) is 6.58 Å². The SMILES string of the molecule is C=C/C=C\c1c(C)ccc(O)c1C=O. The number of aromatic hydroxyl groups is 1. The summed E-state index contributed by atoms with van der Waals surface area (Å²) in [6, 6.07) is 3.29. The van der Waals surface area contributed by atoms with E-state index < -0.39 is 0 Å². The minimum absolute atomic E-state index is 0.00862. The van der Waals surface area contributed by atoms with Crippen LogP contribution in [0.5, 0.6) is 5.75 Å². The minimum atomic E-state index is 0.00862. The normalized spacial score (nSPS) is 10.4. The lowest BCUT2D eigenvalue weighted by Gasteiger charge is -2.05. The van der Waals surface area contributed by atoms with Gasteiger partial charge in [0.1, 0.15) is 5.75 Å². The van der Waals surface area contributed by atoms with Crippen LogP contribution in [0.4, 0.5) is 0 Å². The molecule has 0 amide bonds. The van der Waals surface area contributed by atoms with E-state index in [-0.39, 0.29) is 5.75 Å². The van der Waals surface area contributed by atoms with Gasteiger partial charge in [-0.3, -0.25) is 4.79 Å². The third-order valence-corrected chi connectivity index (χ3v) is 2.00. The van der Waals surface area contributed by atoms with Crippen LogP contribution in [0.3, 0.4) is 0 Å². The molecule has 0 saturated carbocycles. The molecule has 1 aromatic rings. The maximum absolute atomic E-state index is 10.7. The van der Waals surface area contributed by atoms with Gasteiger partial charge in [0.05, 0.1) is 5.56 Å². The van der Waals surface area contributed by atoms with E-state index in [9.17, 15) is 9.90 Å². The average Bonchev–Trinajstić information content (AvgIpc) is 2.19. The van der Waals surface area contributed by atoms with Crippen LogP contribution in [0.1, 0.15) is 21.5 Å². The van der Waals surface area contributed by atoms with Gasteiger partial charge in [-0.1, -0.05) is 30.9 Å². The second-order valence-electron chi connectivity index (χ2n) is 2.94. The van der Waals surface area contributed by atoms with E-state index in [4.69, 9.17) is 0 Å². The Labute approximate surface area is 83.2 Å². The first-order valence-corrected chi connectivity index (χ1v) is 4.27. The molecular formula is C12H12O2. The van der Waals surface area contributed by atoms with Crippen molar-refractivity contribution in [3.8, 4) is 5.75 Å². The van der Waals surface area contributed by atoms with Gasteiger partial charge in [-0.2, -0.15) is 0 Å². The highest BCUT2D eigenvalue weighted by Gasteiger charge is 2.06. The minimum Gasteiger partial charge on any atom is -0.507 e. The number of carbonyl (C=O) groups is 1. The summed E-state index contributed by atoms with van der Waals surface area (Å²) in [5.74, 6) is 0.00862. The Morgan fingerprint density at radius 1 is 1.36 bits per heavy atom. The van der Waals surface area contributed by atoms with Crippen molar-refractivity contribution in [2.75, 3.05) is 0 Å². The quantitative estimate of drug-likeness (QED) is 0.585. The summed E-state index contributed by atoms with van der Waals surface area (Å²) in [5, 5.41) is 9.42. The van der Waals surface area contributed by atoms with Crippen LogP contribution >= 0.6 is 0 Å². The van der Waals surface area contributed by atoms with Gasteiger partial charge in [0.2, 0.25) is 0 Å². The number of hydrogen-bond donors (Lipinski definition) is 1. The molecule has 2 nitrogen and oxygen atoms in total. The predicted molar refractivity (Wildman–Crippen MR) is 57.5 cm³/mol. The maximum Gasteiger partial charge on any atom is 0.154 e. The van der Waals surface area contributed by atoms with Gasteiger partial charge in [0.15, 0.2) is 6.29 Å². The molecule has 0 saturated heterocycles. The molecule has 1 aromatic carbocycles. The molecule has 0 aliphatic carbocycles. The van der Waals surface area contributed by atoms with Crippen LogP contribution in [0.2, 0.25) is 0 Å². The summed E-state index contributed by atoms with van der Waals surface area (Å²) in [5.41, 5.74) is 2.01. The smallest absolute Gasteiger partial charge is 0.154 e. The molecule has 0 fully saturated rings. The summed E-state index contributed by atoms with van der Waals surface area (Å²) in [6.07, 6.45) is 5.77. The Bertz CT molecular complexity index is 390. The van der Waals surface area contributed by atoms with Gasteiger partial charge in [-0.05, 0) is 24.1 Å². The lowest BCUT2D eigenvalue weighted by Crippen LogP contribution is -1.90. The molecule has 0 aliphatic heterocycles. The van der Waals surface area contributed by atoms with Crippen LogP contribution < -0.4 is 0 Å². The molecule has 0 bridgehead atoms. The summed E-state index contributed by atoms with van der Waals surface area (Å²) in [7, 11) is 0. The number of aldehydes is 1. The highest BCUT2D eigenvalue weighted by Crippen LogP contribution is 2.23. The van der Waals surface area contributed by atoms with Crippen LogP contribution in [-0.4, -0.2) is 11.4 Å². The molecule has 0 radical (unpaired) electrons. The first kappa shape index (κ1) is 10.3. The number of hydrogen-bond acceptors (Lipinski definition) is 2. The second kappa shape index (κ2) is 4.42. The Balaban J connectivity index is 3.36. The zero-order valence-electron chi connectivity index (χ0n) is 8.03. The van der Waals surface area contributed by atoms with Crippen molar-refractivity contribution in [1.82, 2.24) is 0 Å². The largest absolute Gasteiger partial charge is 0.507 e. The monoisotopic (exact) mass is 188 g/mol. The van der Waals surface area contributed by atoms with E-state index in [0.29, 0.717) is 11.8 Å². The van der Waals surface area contributed by atoms with Crippen molar-refractivity contribution in [3.05, 3.63) is 47.6 Å². The highest BCUT2D eigenvalue weighted by atomic mass is 16.3. The predicted octanol–water partition coefficient (Wildman–Crippen LogP) is 2.71. The van der Waals surface area contributed by atoms with Crippen LogP contribution in [-0.2, 0) is 0 Å². The number of aryl methyl sites for hydroxylation is 1. The molecule has 1 N–H and O–H groups in total. The van der Waals surface area contributed by atoms with E-state index in [0.717, 1.165) is 11.1 Å². The molecule has 2 heteroatoms. The lowest BCUT2D eigenvalue weighted by molar-refractivity contribution is 0.112. The first-order valence-electron chi connectivity index (χ1n) is 4.27. The molecule has 14 heavy (non-hydrogen) atoms. The summed E-state index contributed by atoms with van der Waals surface area (Å²) in [6.45, 7) is 5.43. The second-order valence-corrected chi connectivity index (χ2v) is 2.94. The third kappa shape index (κ3) is 1.91. The molecule has 0 aromatic heterocycles. The van der Waals surface area contributed by atoms with E-state index in [1.54, 1.807) is 24.3 Å². The van der Waals surface area contributed by atoms with E-state index >= 15 is 0 Å². The molecule has 0 atom stereocenters. The van der Waals surface area contributed by atoms with Crippen molar-refractivity contribution in [3.63, 3.8) is 0 Å². The number of carbonyl (C=O) groups excluding carboxylic acids is 1. The van der Waals surface area contributed by atoms with Gasteiger partial charge in [0, 0.05) is 0 Å². The standard InChI is InChI=1S/C12H12O2/c1-3-4-5-10-9(2)6-7-12(14)11(10)8-13/h3-8,14H,1H2,2H3/b5-4-. The fourth-order valence-electron chi connectivity index (χ4n) is 1.24. The summed E-state index contributed by atoms with van der Waals surface area (Å²) >= 11 is 0. The third-order valence-electron chi connectivity index (χ3n) is 2.00. The molecule has 0 spiro atoms. The lowest BCUT2D eigenvalue weighted by atomic mass is 10.0. The highest BCUT2D eigenvalue weighted by molar-refractivity contribution is 5.86. The molecule has 0 aliphatic rings. The van der Waals surface area contributed by atoms with Gasteiger partial charge in [-0.25, -0.2) is 0 Å². The topological polar surface area (TPSA) is 37.3 Å². The van der Waals surface area contributed by atoms with Crippen LogP contribution in [0, 0.1) is 6.92 Å². The first-order chi connectivity index (χ1) is 6.70. The van der Waals surface area contributed by atoms with Gasteiger partial charge >= 0.3 is 0 Å². The molecule has 72 valence electrons. The van der Waals surface area contributed by atoms with Crippen molar-refractivity contribution in [2.45, 2.75) is 6.92 Å². The number of rotatable bonds is 3. The fraction of sp³-hybridized carbons (Fsp3) is 0.0833. The maximum atomic E-state index is 10.7. The zero-order valence-corrected chi connectivity index (χ0v) is 8.03. The Kier molecular flexibility index (Phi) is 3.24. The van der Waals surface area contributed by atoms with Crippen LogP contribution in [0.25, 0.3) is 6.08 Å². The average molecular weight is 188 g/mol. The van der Waals surface area contributed by atoms with Crippen LogP contribution in [0.15, 0.2) is 30.9 Å². The van der Waals surface area contributed by atoms with Crippen molar-refractivity contribution in [1.29, 1.82) is 0 Å². The van der Waals surface area contributed by atoms with Gasteiger partial charge < -0.3 is 5.11 Å².